The summed E-state index contributed by atoms with van der Waals surface area (Å²) < 4.78 is 2.79. The third-order valence-electron chi connectivity index (χ3n) is 3.16. The molecule has 0 fully saturated rings. The molecule has 0 aliphatic heterocycles. The largest absolute Gasteiger partial charge is 0.310 e. The molecule has 3 aromatic rings. The van der Waals surface area contributed by atoms with Gasteiger partial charge in [0.15, 0.2) is 5.16 Å². The molecule has 24 heavy (non-hydrogen) atoms. The zero-order valence-corrected chi connectivity index (χ0v) is 16.0. The van der Waals surface area contributed by atoms with Crippen molar-refractivity contribution in [1.82, 2.24) is 19.7 Å². The summed E-state index contributed by atoms with van der Waals surface area (Å²) in [6.07, 6.45) is 2.39. The number of nitrogens with one attached hydrogen (secondary N) is 1. The van der Waals surface area contributed by atoms with Crippen LogP contribution in [0.25, 0.3) is 0 Å². The SMILES string of the molecule is Cn1c(Cc2cccs2)nnc1SCC(=O)Nc1ccc(Br)cn1. The number of aromatic nitrogens is 4. The topological polar surface area (TPSA) is 72.7 Å². The lowest BCUT2D eigenvalue weighted by molar-refractivity contribution is -0.113. The minimum atomic E-state index is -0.127. The van der Waals surface area contributed by atoms with Crippen LogP contribution in [0.3, 0.4) is 0 Å². The van der Waals surface area contributed by atoms with Gasteiger partial charge in [-0.25, -0.2) is 4.98 Å². The molecule has 0 aliphatic carbocycles. The average Bonchev–Trinajstić information content (AvgIpc) is 3.19. The van der Waals surface area contributed by atoms with Crippen molar-refractivity contribution >= 4 is 50.8 Å². The predicted octanol–water partition coefficient (Wildman–Crippen LogP) is 3.36. The molecule has 0 aliphatic rings. The van der Waals surface area contributed by atoms with Crippen molar-refractivity contribution < 1.29 is 4.79 Å². The summed E-state index contributed by atoms with van der Waals surface area (Å²) in [5, 5.41) is 13.9. The first-order chi connectivity index (χ1) is 11.6. The van der Waals surface area contributed by atoms with E-state index in [4.69, 9.17) is 0 Å². The van der Waals surface area contributed by atoms with Gasteiger partial charge >= 0.3 is 0 Å². The fourth-order valence-corrected chi connectivity index (χ4v) is 3.62. The maximum atomic E-state index is 12.0. The molecule has 0 atom stereocenters. The zero-order chi connectivity index (χ0) is 16.9. The summed E-state index contributed by atoms with van der Waals surface area (Å²) in [6.45, 7) is 0. The van der Waals surface area contributed by atoms with Crippen LogP contribution in [-0.2, 0) is 18.3 Å². The summed E-state index contributed by atoms with van der Waals surface area (Å²) in [5.74, 6) is 1.54. The van der Waals surface area contributed by atoms with Crippen molar-refractivity contribution in [3.63, 3.8) is 0 Å². The molecule has 0 spiro atoms. The summed E-state index contributed by atoms with van der Waals surface area (Å²) >= 11 is 6.36. The van der Waals surface area contributed by atoms with Crippen LogP contribution in [0.5, 0.6) is 0 Å². The van der Waals surface area contributed by atoms with Gasteiger partial charge in [0.05, 0.1) is 5.75 Å². The minimum Gasteiger partial charge on any atom is -0.310 e. The Morgan fingerprint density at radius 3 is 2.96 bits per heavy atom. The maximum absolute atomic E-state index is 12.0. The second-order valence-electron chi connectivity index (χ2n) is 4.91. The molecule has 0 saturated carbocycles. The number of rotatable bonds is 6. The maximum Gasteiger partial charge on any atom is 0.236 e. The Balaban J connectivity index is 1.55. The molecule has 9 heteroatoms. The molecule has 1 amide bonds. The quantitative estimate of drug-likeness (QED) is 0.615. The Hall–Kier alpha value is -1.71. The van der Waals surface area contributed by atoms with E-state index in [9.17, 15) is 4.79 Å². The van der Waals surface area contributed by atoms with Crippen molar-refractivity contribution in [2.75, 3.05) is 11.1 Å². The van der Waals surface area contributed by atoms with Crippen LogP contribution in [0.15, 0.2) is 45.5 Å². The summed E-state index contributed by atoms with van der Waals surface area (Å²) in [7, 11) is 1.92. The van der Waals surface area contributed by atoms with Crippen LogP contribution in [-0.4, -0.2) is 31.4 Å². The fraction of sp³-hybridized carbons (Fsp3) is 0.200. The highest BCUT2D eigenvalue weighted by Crippen LogP contribution is 2.19. The summed E-state index contributed by atoms with van der Waals surface area (Å²) in [6, 6.07) is 7.67. The van der Waals surface area contributed by atoms with E-state index in [0.717, 1.165) is 21.9 Å². The van der Waals surface area contributed by atoms with Crippen LogP contribution in [0.2, 0.25) is 0 Å². The summed E-state index contributed by atoms with van der Waals surface area (Å²) in [4.78, 5) is 17.4. The number of carbonyl (C=O) groups is 1. The van der Waals surface area contributed by atoms with Gasteiger partial charge in [-0.05, 0) is 39.5 Å². The minimum absolute atomic E-state index is 0.127. The number of hydrogen-bond donors (Lipinski definition) is 1. The number of hydrogen-bond acceptors (Lipinski definition) is 6. The van der Waals surface area contributed by atoms with Crippen LogP contribution in [0.4, 0.5) is 5.82 Å². The highest BCUT2D eigenvalue weighted by atomic mass is 79.9. The molecule has 1 N–H and O–H groups in total. The van der Waals surface area contributed by atoms with E-state index in [1.54, 1.807) is 23.6 Å². The Kier molecular flexibility index (Phi) is 5.64. The Bertz CT molecular complexity index is 817. The lowest BCUT2D eigenvalue weighted by Gasteiger charge is -2.05. The second-order valence-corrected chi connectivity index (χ2v) is 7.80. The number of carbonyl (C=O) groups excluding carboxylic acids is 1. The molecular formula is C15H14BrN5OS2. The predicted molar refractivity (Wildman–Crippen MR) is 99.4 cm³/mol. The first kappa shape index (κ1) is 17.1. The fourth-order valence-electron chi connectivity index (χ4n) is 1.95. The molecule has 3 heterocycles. The van der Waals surface area contributed by atoms with Gasteiger partial charge in [-0.2, -0.15) is 0 Å². The van der Waals surface area contributed by atoms with Crippen molar-refractivity contribution in [1.29, 1.82) is 0 Å². The number of pyridine rings is 1. The lowest BCUT2D eigenvalue weighted by Crippen LogP contribution is -2.15. The van der Waals surface area contributed by atoms with E-state index in [1.807, 2.05) is 29.1 Å². The van der Waals surface area contributed by atoms with Crippen LogP contribution >= 0.6 is 39.0 Å². The number of amides is 1. The molecule has 0 radical (unpaired) electrons. The Morgan fingerprint density at radius 2 is 2.25 bits per heavy atom. The molecule has 3 rings (SSSR count). The first-order valence-electron chi connectivity index (χ1n) is 7.06. The van der Waals surface area contributed by atoms with Crippen molar-refractivity contribution in [2.24, 2.45) is 7.05 Å². The monoisotopic (exact) mass is 423 g/mol. The standard InChI is InChI=1S/C15H14BrN5OS2/c1-21-13(7-11-3-2-6-23-11)19-20-15(21)24-9-14(22)18-12-5-4-10(16)8-17-12/h2-6,8H,7,9H2,1H3,(H,17,18,22). The number of anilines is 1. The lowest BCUT2D eigenvalue weighted by atomic mass is 10.3. The van der Waals surface area contributed by atoms with Crippen LogP contribution < -0.4 is 5.32 Å². The van der Waals surface area contributed by atoms with Crippen molar-refractivity contribution in [3.05, 3.63) is 51.0 Å². The Labute approximate surface area is 155 Å². The average molecular weight is 424 g/mol. The molecule has 0 unspecified atom stereocenters. The van der Waals surface area contributed by atoms with Gasteiger partial charge in [-0.3, -0.25) is 4.79 Å². The third-order valence-corrected chi connectivity index (χ3v) is 5.53. The van der Waals surface area contributed by atoms with Crippen molar-refractivity contribution in [2.45, 2.75) is 11.6 Å². The van der Waals surface area contributed by atoms with Gasteiger partial charge in [0.25, 0.3) is 0 Å². The normalized spacial score (nSPS) is 10.8. The number of halogens is 1. The Morgan fingerprint density at radius 1 is 1.38 bits per heavy atom. The number of thiophene rings is 1. The van der Waals surface area contributed by atoms with Gasteiger partial charge in [0.2, 0.25) is 5.91 Å². The number of thioether (sulfide) groups is 1. The highest BCUT2D eigenvalue weighted by molar-refractivity contribution is 9.10. The van der Waals surface area contributed by atoms with E-state index in [1.165, 1.54) is 16.6 Å². The van der Waals surface area contributed by atoms with E-state index in [0.29, 0.717) is 5.82 Å². The number of nitrogens with zero attached hydrogens (tertiary/aromatic N) is 4. The molecule has 0 aromatic carbocycles. The van der Waals surface area contributed by atoms with Gasteiger partial charge in [0, 0.05) is 29.0 Å². The van der Waals surface area contributed by atoms with E-state index < -0.39 is 0 Å². The van der Waals surface area contributed by atoms with E-state index in [2.05, 4.69) is 42.5 Å². The van der Waals surface area contributed by atoms with Gasteiger partial charge in [-0.15, -0.1) is 21.5 Å². The molecule has 0 bridgehead atoms. The van der Waals surface area contributed by atoms with Crippen LogP contribution in [0, 0.1) is 0 Å². The molecule has 6 nitrogen and oxygen atoms in total. The second kappa shape index (κ2) is 7.91. The molecule has 124 valence electrons. The zero-order valence-electron chi connectivity index (χ0n) is 12.8. The molecule has 3 aromatic heterocycles. The highest BCUT2D eigenvalue weighted by Gasteiger charge is 2.12. The first-order valence-corrected chi connectivity index (χ1v) is 9.72. The molecular weight excluding hydrogens is 410 g/mol. The van der Waals surface area contributed by atoms with Crippen LogP contribution in [0.1, 0.15) is 10.7 Å². The van der Waals surface area contributed by atoms with Gasteiger partial charge in [0.1, 0.15) is 11.6 Å². The van der Waals surface area contributed by atoms with Gasteiger partial charge < -0.3 is 9.88 Å². The smallest absolute Gasteiger partial charge is 0.236 e. The van der Waals surface area contributed by atoms with E-state index in [-0.39, 0.29) is 11.7 Å². The van der Waals surface area contributed by atoms with Crippen molar-refractivity contribution in [3.8, 4) is 0 Å². The van der Waals surface area contributed by atoms with E-state index >= 15 is 0 Å². The third kappa shape index (κ3) is 4.43. The molecule has 0 saturated heterocycles. The van der Waals surface area contributed by atoms with Gasteiger partial charge in [-0.1, -0.05) is 17.8 Å². The summed E-state index contributed by atoms with van der Waals surface area (Å²) in [5.41, 5.74) is 0.